The number of amides is 1. The summed E-state index contributed by atoms with van der Waals surface area (Å²) in [7, 11) is 0. The van der Waals surface area contributed by atoms with Crippen molar-refractivity contribution in [2.75, 3.05) is 18.0 Å². The van der Waals surface area contributed by atoms with Gasteiger partial charge in [-0.2, -0.15) is 0 Å². The Kier molecular flexibility index (Phi) is 4.10. The standard InChI is InChI=1S/C10H13BrN2O/c1-2-13(10(14)7-12)9-5-3-4-8(11)6-9/h3-6H,2,7,12H2,1H3. The van der Waals surface area contributed by atoms with E-state index in [0.717, 1.165) is 10.2 Å². The number of likely N-dealkylation sites (N-methyl/N-ethyl adjacent to an activating group) is 1. The summed E-state index contributed by atoms with van der Waals surface area (Å²) < 4.78 is 0.957. The van der Waals surface area contributed by atoms with Gasteiger partial charge in [0.05, 0.1) is 6.54 Å². The van der Waals surface area contributed by atoms with Gasteiger partial charge >= 0.3 is 0 Å². The van der Waals surface area contributed by atoms with Crippen LogP contribution in [0, 0.1) is 0 Å². The molecular formula is C10H13BrN2O. The Labute approximate surface area is 92.0 Å². The molecule has 0 radical (unpaired) electrons. The first-order chi connectivity index (χ1) is 6.69. The molecule has 0 unspecified atom stereocenters. The molecule has 0 spiro atoms. The van der Waals surface area contributed by atoms with Crippen molar-refractivity contribution in [3.8, 4) is 0 Å². The number of anilines is 1. The molecule has 0 saturated heterocycles. The molecule has 0 aliphatic heterocycles. The van der Waals surface area contributed by atoms with Crippen molar-refractivity contribution in [2.24, 2.45) is 5.73 Å². The van der Waals surface area contributed by atoms with E-state index in [1.54, 1.807) is 4.90 Å². The molecule has 3 nitrogen and oxygen atoms in total. The van der Waals surface area contributed by atoms with Crippen molar-refractivity contribution in [2.45, 2.75) is 6.92 Å². The maximum Gasteiger partial charge on any atom is 0.240 e. The average molecular weight is 257 g/mol. The molecule has 0 aromatic heterocycles. The van der Waals surface area contributed by atoms with Gasteiger partial charge in [0.2, 0.25) is 5.91 Å². The van der Waals surface area contributed by atoms with Crippen LogP contribution in [0.1, 0.15) is 6.92 Å². The Hall–Kier alpha value is -0.870. The third kappa shape index (κ3) is 2.56. The molecular weight excluding hydrogens is 244 g/mol. The van der Waals surface area contributed by atoms with Gasteiger partial charge in [-0.3, -0.25) is 4.79 Å². The zero-order chi connectivity index (χ0) is 10.6. The first kappa shape index (κ1) is 11.2. The van der Waals surface area contributed by atoms with E-state index in [1.807, 2.05) is 31.2 Å². The number of carbonyl (C=O) groups excluding carboxylic acids is 1. The minimum atomic E-state index is -0.0643. The lowest BCUT2D eigenvalue weighted by atomic mass is 10.3. The lowest BCUT2D eigenvalue weighted by molar-refractivity contribution is -0.117. The van der Waals surface area contributed by atoms with Crippen molar-refractivity contribution in [3.05, 3.63) is 28.7 Å². The monoisotopic (exact) mass is 256 g/mol. The third-order valence-electron chi connectivity index (χ3n) is 1.91. The second-order valence-electron chi connectivity index (χ2n) is 2.82. The highest BCUT2D eigenvalue weighted by Gasteiger charge is 2.11. The summed E-state index contributed by atoms with van der Waals surface area (Å²) in [5, 5.41) is 0. The van der Waals surface area contributed by atoms with Crippen LogP contribution in [0.15, 0.2) is 28.7 Å². The molecule has 14 heavy (non-hydrogen) atoms. The predicted molar refractivity (Wildman–Crippen MR) is 61.2 cm³/mol. The van der Waals surface area contributed by atoms with Gasteiger partial charge < -0.3 is 10.6 Å². The van der Waals surface area contributed by atoms with E-state index in [1.165, 1.54) is 0 Å². The molecule has 76 valence electrons. The Morgan fingerprint density at radius 2 is 2.29 bits per heavy atom. The Balaban J connectivity index is 2.94. The smallest absolute Gasteiger partial charge is 0.240 e. The van der Waals surface area contributed by atoms with Gasteiger partial charge in [-0.15, -0.1) is 0 Å². The zero-order valence-corrected chi connectivity index (χ0v) is 9.62. The van der Waals surface area contributed by atoms with E-state index in [-0.39, 0.29) is 12.5 Å². The predicted octanol–water partition coefficient (Wildman–Crippen LogP) is 1.76. The molecule has 1 amide bonds. The maximum atomic E-state index is 11.4. The number of halogens is 1. The van der Waals surface area contributed by atoms with Crippen LogP contribution in [0.5, 0.6) is 0 Å². The van der Waals surface area contributed by atoms with Crippen LogP contribution >= 0.6 is 15.9 Å². The number of hydrogen-bond donors (Lipinski definition) is 1. The minimum Gasteiger partial charge on any atom is -0.322 e. The highest BCUT2D eigenvalue weighted by Crippen LogP contribution is 2.19. The SMILES string of the molecule is CCN(C(=O)CN)c1cccc(Br)c1. The molecule has 1 aromatic rings. The highest BCUT2D eigenvalue weighted by atomic mass is 79.9. The maximum absolute atomic E-state index is 11.4. The molecule has 1 rings (SSSR count). The molecule has 0 heterocycles. The van der Waals surface area contributed by atoms with E-state index in [2.05, 4.69) is 15.9 Å². The fourth-order valence-corrected chi connectivity index (χ4v) is 1.64. The molecule has 1 aromatic carbocycles. The van der Waals surface area contributed by atoms with Gasteiger partial charge in [0.15, 0.2) is 0 Å². The van der Waals surface area contributed by atoms with Crippen LogP contribution in [0.25, 0.3) is 0 Å². The zero-order valence-electron chi connectivity index (χ0n) is 8.03. The molecule has 0 aliphatic carbocycles. The number of hydrogen-bond acceptors (Lipinski definition) is 2. The first-order valence-corrected chi connectivity index (χ1v) is 5.24. The van der Waals surface area contributed by atoms with Gasteiger partial charge in [0.1, 0.15) is 0 Å². The number of nitrogens with zero attached hydrogens (tertiary/aromatic N) is 1. The molecule has 0 fully saturated rings. The van der Waals surface area contributed by atoms with Crippen molar-refractivity contribution >= 4 is 27.5 Å². The normalized spacial score (nSPS) is 9.93. The summed E-state index contributed by atoms with van der Waals surface area (Å²) in [4.78, 5) is 13.1. The van der Waals surface area contributed by atoms with E-state index >= 15 is 0 Å². The van der Waals surface area contributed by atoms with Crippen molar-refractivity contribution in [1.82, 2.24) is 0 Å². The van der Waals surface area contributed by atoms with Gasteiger partial charge in [0.25, 0.3) is 0 Å². The fraction of sp³-hybridized carbons (Fsp3) is 0.300. The number of carbonyl (C=O) groups is 1. The first-order valence-electron chi connectivity index (χ1n) is 4.45. The summed E-state index contributed by atoms with van der Waals surface area (Å²) in [6.07, 6.45) is 0. The average Bonchev–Trinajstić information content (AvgIpc) is 2.19. The molecule has 4 heteroatoms. The van der Waals surface area contributed by atoms with Crippen LogP contribution < -0.4 is 10.6 Å². The van der Waals surface area contributed by atoms with Crippen LogP contribution in [0.3, 0.4) is 0 Å². The fourth-order valence-electron chi connectivity index (χ4n) is 1.26. The van der Waals surface area contributed by atoms with E-state index < -0.39 is 0 Å². The lowest BCUT2D eigenvalue weighted by Gasteiger charge is -2.20. The molecule has 0 aliphatic rings. The molecule has 2 N–H and O–H groups in total. The second-order valence-corrected chi connectivity index (χ2v) is 3.74. The number of rotatable bonds is 3. The molecule has 0 saturated carbocycles. The topological polar surface area (TPSA) is 46.3 Å². The number of nitrogens with two attached hydrogens (primary N) is 1. The summed E-state index contributed by atoms with van der Waals surface area (Å²) in [5.41, 5.74) is 6.19. The Morgan fingerprint density at radius 1 is 1.57 bits per heavy atom. The van der Waals surface area contributed by atoms with Gasteiger partial charge in [-0.05, 0) is 25.1 Å². The second kappa shape index (κ2) is 5.12. The van der Waals surface area contributed by atoms with Crippen molar-refractivity contribution in [3.63, 3.8) is 0 Å². The van der Waals surface area contributed by atoms with E-state index in [0.29, 0.717) is 6.54 Å². The van der Waals surface area contributed by atoms with Crippen molar-refractivity contribution in [1.29, 1.82) is 0 Å². The van der Waals surface area contributed by atoms with Crippen LogP contribution in [-0.4, -0.2) is 19.0 Å². The van der Waals surface area contributed by atoms with Gasteiger partial charge in [0, 0.05) is 16.7 Å². The lowest BCUT2D eigenvalue weighted by Crippen LogP contribution is -2.35. The van der Waals surface area contributed by atoms with E-state index in [9.17, 15) is 4.79 Å². The highest BCUT2D eigenvalue weighted by molar-refractivity contribution is 9.10. The summed E-state index contributed by atoms with van der Waals surface area (Å²) in [6.45, 7) is 2.60. The minimum absolute atomic E-state index is 0.0420. The quantitative estimate of drug-likeness (QED) is 0.896. The Bertz CT molecular complexity index is 328. The summed E-state index contributed by atoms with van der Waals surface area (Å²) >= 11 is 3.36. The summed E-state index contributed by atoms with van der Waals surface area (Å²) in [6, 6.07) is 7.61. The third-order valence-corrected chi connectivity index (χ3v) is 2.41. The number of benzene rings is 1. The molecule has 0 atom stereocenters. The van der Waals surface area contributed by atoms with Crippen LogP contribution in [-0.2, 0) is 4.79 Å². The largest absolute Gasteiger partial charge is 0.322 e. The van der Waals surface area contributed by atoms with Crippen LogP contribution in [0.4, 0.5) is 5.69 Å². The van der Waals surface area contributed by atoms with Crippen molar-refractivity contribution < 1.29 is 4.79 Å². The Morgan fingerprint density at radius 3 is 2.79 bits per heavy atom. The van der Waals surface area contributed by atoms with E-state index in [4.69, 9.17) is 5.73 Å². The van der Waals surface area contributed by atoms with Gasteiger partial charge in [-0.1, -0.05) is 22.0 Å². The van der Waals surface area contributed by atoms with Crippen LogP contribution in [0.2, 0.25) is 0 Å². The molecule has 0 bridgehead atoms. The van der Waals surface area contributed by atoms with Gasteiger partial charge in [-0.25, -0.2) is 0 Å². The summed E-state index contributed by atoms with van der Waals surface area (Å²) in [5.74, 6) is -0.0643.